The number of esters is 1. The van der Waals surface area contributed by atoms with Gasteiger partial charge in [-0.15, -0.1) is 0 Å². The first-order valence-corrected chi connectivity index (χ1v) is 10.1. The van der Waals surface area contributed by atoms with Crippen molar-refractivity contribution in [2.24, 2.45) is 17.8 Å². The van der Waals surface area contributed by atoms with Crippen molar-refractivity contribution >= 4 is 11.9 Å². The molecule has 6 nitrogen and oxygen atoms in total. The maximum absolute atomic E-state index is 12.9. The van der Waals surface area contributed by atoms with Gasteiger partial charge < -0.3 is 15.0 Å². The van der Waals surface area contributed by atoms with Crippen molar-refractivity contribution < 1.29 is 14.3 Å². The quantitative estimate of drug-likeness (QED) is 0.698. The molecule has 150 valence electrons. The molecule has 0 radical (unpaired) electrons. The number of nitrogens with zero attached hydrogens (tertiary/aromatic N) is 2. The highest BCUT2D eigenvalue weighted by Crippen LogP contribution is 2.49. The summed E-state index contributed by atoms with van der Waals surface area (Å²) in [6, 6.07) is 11.3. The molecule has 6 heteroatoms. The molecule has 1 aromatic carbocycles. The molecule has 1 aromatic rings. The molecular weight excluding hydrogens is 354 g/mol. The van der Waals surface area contributed by atoms with Gasteiger partial charge in [-0.05, 0) is 43.6 Å². The number of amides is 1. The molecule has 0 aromatic heterocycles. The van der Waals surface area contributed by atoms with Crippen LogP contribution in [0.25, 0.3) is 0 Å². The van der Waals surface area contributed by atoms with Crippen LogP contribution in [0.2, 0.25) is 0 Å². The first-order chi connectivity index (χ1) is 13.5. The van der Waals surface area contributed by atoms with Gasteiger partial charge in [0.15, 0.2) is 0 Å². The smallest absolute Gasteiger partial charge is 0.311 e. The number of hydrogen-bond donors (Lipinski definition) is 1. The van der Waals surface area contributed by atoms with Crippen LogP contribution >= 0.6 is 0 Å². The summed E-state index contributed by atoms with van der Waals surface area (Å²) < 4.78 is 5.63. The Bertz CT molecular complexity index is 730. The van der Waals surface area contributed by atoms with Crippen molar-refractivity contribution in [3.8, 4) is 6.07 Å². The Hall–Kier alpha value is -2.39. The van der Waals surface area contributed by atoms with Crippen LogP contribution in [0, 0.1) is 29.1 Å². The van der Waals surface area contributed by atoms with Gasteiger partial charge in [0, 0.05) is 19.6 Å². The maximum atomic E-state index is 12.9. The zero-order valence-corrected chi connectivity index (χ0v) is 16.6. The molecule has 2 fully saturated rings. The normalized spacial score (nSPS) is 26.5. The summed E-state index contributed by atoms with van der Waals surface area (Å²) in [5.41, 5.74) is 0.978. The average Bonchev–Trinajstić information content (AvgIpc) is 3.32. The van der Waals surface area contributed by atoms with Crippen LogP contribution in [0.1, 0.15) is 38.2 Å². The van der Waals surface area contributed by atoms with E-state index in [1.54, 1.807) is 11.9 Å². The van der Waals surface area contributed by atoms with E-state index < -0.39 is 6.04 Å². The van der Waals surface area contributed by atoms with E-state index in [-0.39, 0.29) is 30.4 Å². The van der Waals surface area contributed by atoms with Crippen LogP contribution in [0.5, 0.6) is 0 Å². The van der Waals surface area contributed by atoms with E-state index in [4.69, 9.17) is 10.00 Å². The summed E-state index contributed by atoms with van der Waals surface area (Å²) in [4.78, 5) is 27.0. The Balaban J connectivity index is 1.60. The lowest BCUT2D eigenvalue weighted by Crippen LogP contribution is -2.53. The van der Waals surface area contributed by atoms with Crippen molar-refractivity contribution in [2.75, 3.05) is 13.6 Å². The molecule has 1 N–H and O–H groups in total. The van der Waals surface area contributed by atoms with Gasteiger partial charge >= 0.3 is 5.97 Å². The number of nitriles is 1. The number of carbonyl (C=O) groups is 2. The van der Waals surface area contributed by atoms with Gasteiger partial charge in [-0.25, -0.2) is 0 Å². The van der Waals surface area contributed by atoms with Gasteiger partial charge in [0.25, 0.3) is 0 Å². The van der Waals surface area contributed by atoms with E-state index in [9.17, 15) is 9.59 Å². The van der Waals surface area contributed by atoms with Crippen LogP contribution in [-0.2, 0) is 20.9 Å². The third-order valence-electron chi connectivity index (χ3n) is 6.16. The lowest BCUT2D eigenvalue weighted by molar-refractivity contribution is -0.153. The highest BCUT2D eigenvalue weighted by molar-refractivity contribution is 5.81. The van der Waals surface area contributed by atoms with Crippen molar-refractivity contribution in [2.45, 2.75) is 51.3 Å². The number of fused-ring (bicyclic) bond motifs is 2. The predicted molar refractivity (Wildman–Crippen MR) is 105 cm³/mol. The standard InChI is InChI=1S/C22H29N3O3/c1-15(21(26)25(2)12-6-11-23)24-20-18-10-9-17(13-18)19(20)22(27)28-14-16-7-4-3-5-8-16/h3-5,7-8,15,17-20,24H,6,9-10,12-14H2,1-2H3. The molecule has 0 saturated heterocycles. The van der Waals surface area contributed by atoms with E-state index in [0.29, 0.717) is 24.8 Å². The zero-order chi connectivity index (χ0) is 20.1. The van der Waals surface area contributed by atoms with Gasteiger partial charge in [-0.2, -0.15) is 5.26 Å². The number of rotatable bonds is 8. The SMILES string of the molecule is CC(NC1C2CCC(C2)C1C(=O)OCc1ccccc1)C(=O)N(C)CCC#N. The second-order valence-corrected chi connectivity index (χ2v) is 8.03. The minimum atomic E-state index is -0.391. The molecular formula is C22H29N3O3. The fourth-order valence-electron chi connectivity index (χ4n) is 4.71. The molecule has 1 amide bonds. The van der Waals surface area contributed by atoms with E-state index in [2.05, 4.69) is 11.4 Å². The first-order valence-electron chi connectivity index (χ1n) is 10.1. The molecule has 3 rings (SSSR count). The molecule has 0 heterocycles. The zero-order valence-electron chi connectivity index (χ0n) is 16.6. The number of carbonyl (C=O) groups excluding carboxylic acids is 2. The van der Waals surface area contributed by atoms with E-state index in [1.807, 2.05) is 37.3 Å². The first kappa shape index (κ1) is 20.3. The summed E-state index contributed by atoms with van der Waals surface area (Å²) in [5.74, 6) is 0.353. The third-order valence-corrected chi connectivity index (χ3v) is 6.16. The highest BCUT2D eigenvalue weighted by Gasteiger charge is 2.52. The Labute approximate surface area is 166 Å². The van der Waals surface area contributed by atoms with E-state index in [0.717, 1.165) is 24.8 Å². The van der Waals surface area contributed by atoms with Gasteiger partial charge in [0.2, 0.25) is 5.91 Å². The lowest BCUT2D eigenvalue weighted by atomic mass is 9.84. The fourth-order valence-corrected chi connectivity index (χ4v) is 4.71. The van der Waals surface area contributed by atoms with Crippen LogP contribution in [0.15, 0.2) is 30.3 Å². The molecule has 5 unspecified atom stereocenters. The molecule has 2 aliphatic carbocycles. The van der Waals surface area contributed by atoms with Crippen LogP contribution in [-0.4, -0.2) is 42.5 Å². The van der Waals surface area contributed by atoms with Gasteiger partial charge in [0.1, 0.15) is 6.61 Å². The Morgan fingerprint density at radius 3 is 2.71 bits per heavy atom. The van der Waals surface area contributed by atoms with E-state index >= 15 is 0 Å². The van der Waals surface area contributed by atoms with Gasteiger partial charge in [-0.1, -0.05) is 30.3 Å². The summed E-state index contributed by atoms with van der Waals surface area (Å²) in [6.45, 7) is 2.54. The third kappa shape index (κ3) is 4.53. The molecule has 2 aliphatic rings. The molecule has 28 heavy (non-hydrogen) atoms. The predicted octanol–water partition coefficient (Wildman–Crippen LogP) is 2.49. The monoisotopic (exact) mass is 383 g/mol. The number of nitrogens with one attached hydrogen (secondary N) is 1. The minimum Gasteiger partial charge on any atom is -0.461 e. The second kappa shape index (κ2) is 9.20. The fraction of sp³-hybridized carbons (Fsp3) is 0.591. The molecule has 0 aliphatic heterocycles. The molecule has 2 saturated carbocycles. The summed E-state index contributed by atoms with van der Waals surface area (Å²) >= 11 is 0. The van der Waals surface area contributed by atoms with E-state index in [1.165, 1.54) is 0 Å². The van der Waals surface area contributed by atoms with Crippen molar-refractivity contribution in [3.63, 3.8) is 0 Å². The van der Waals surface area contributed by atoms with Crippen molar-refractivity contribution in [1.29, 1.82) is 5.26 Å². The summed E-state index contributed by atoms with van der Waals surface area (Å²) in [7, 11) is 1.71. The lowest BCUT2D eigenvalue weighted by Gasteiger charge is -2.33. The molecule has 5 atom stereocenters. The summed E-state index contributed by atoms with van der Waals surface area (Å²) in [5, 5.41) is 12.1. The Morgan fingerprint density at radius 1 is 1.29 bits per heavy atom. The van der Waals surface area contributed by atoms with Crippen molar-refractivity contribution in [3.05, 3.63) is 35.9 Å². The summed E-state index contributed by atoms with van der Waals surface area (Å²) in [6.07, 6.45) is 3.49. The minimum absolute atomic E-state index is 0.0228. The number of benzene rings is 1. The van der Waals surface area contributed by atoms with Crippen molar-refractivity contribution in [1.82, 2.24) is 10.2 Å². The van der Waals surface area contributed by atoms with Crippen LogP contribution < -0.4 is 5.32 Å². The van der Waals surface area contributed by atoms with Crippen LogP contribution in [0.4, 0.5) is 0 Å². The molecule has 2 bridgehead atoms. The average molecular weight is 383 g/mol. The number of ether oxygens (including phenoxy) is 1. The molecule has 0 spiro atoms. The largest absolute Gasteiger partial charge is 0.461 e. The number of likely N-dealkylation sites (N-methyl/N-ethyl adjacent to an activating group) is 1. The highest BCUT2D eigenvalue weighted by atomic mass is 16.5. The maximum Gasteiger partial charge on any atom is 0.311 e. The van der Waals surface area contributed by atoms with Gasteiger partial charge in [-0.3, -0.25) is 9.59 Å². The Morgan fingerprint density at radius 2 is 2.00 bits per heavy atom. The van der Waals surface area contributed by atoms with Gasteiger partial charge in [0.05, 0.1) is 24.4 Å². The number of hydrogen-bond acceptors (Lipinski definition) is 5. The van der Waals surface area contributed by atoms with Crippen LogP contribution in [0.3, 0.4) is 0 Å². The topological polar surface area (TPSA) is 82.4 Å². The second-order valence-electron chi connectivity index (χ2n) is 8.03. The Kier molecular flexibility index (Phi) is 6.69.